The summed E-state index contributed by atoms with van der Waals surface area (Å²) in [6.07, 6.45) is 3.78. The highest BCUT2D eigenvalue weighted by atomic mass is 79.9. The maximum absolute atomic E-state index is 6.54. The maximum atomic E-state index is 6.54. The molecule has 1 aliphatic carbocycles. The van der Waals surface area contributed by atoms with Gasteiger partial charge in [0.1, 0.15) is 0 Å². The lowest BCUT2D eigenvalue weighted by atomic mass is 10.0. The van der Waals surface area contributed by atoms with Crippen LogP contribution in [-0.2, 0) is 12.8 Å². The number of hydrogen-bond acceptors (Lipinski definition) is 3. The van der Waals surface area contributed by atoms with Crippen molar-refractivity contribution in [1.29, 1.82) is 0 Å². The lowest BCUT2D eigenvalue weighted by Crippen LogP contribution is -2.09. The number of fused-ring (bicyclic) bond motifs is 2. The highest BCUT2D eigenvalue weighted by Gasteiger charge is 2.21. The molecule has 2 aromatic heterocycles. The fraction of sp³-hybridized carbons (Fsp3) is 0.250. The Hall–Kier alpha value is -0.680. The lowest BCUT2D eigenvalue weighted by molar-refractivity contribution is 0.891. The van der Waals surface area contributed by atoms with Crippen molar-refractivity contribution in [3.8, 4) is 0 Å². The number of aryl methyl sites for hydroxylation is 2. The second-order valence-electron chi connectivity index (χ2n) is 5.24. The third kappa shape index (κ3) is 1.98. The Morgan fingerprint density at radius 3 is 3.00 bits per heavy atom. The van der Waals surface area contributed by atoms with Crippen LogP contribution in [0.25, 0.3) is 10.1 Å². The van der Waals surface area contributed by atoms with E-state index in [2.05, 4.69) is 45.6 Å². The van der Waals surface area contributed by atoms with Crippen LogP contribution in [0.15, 0.2) is 34.1 Å². The number of benzene rings is 1. The summed E-state index contributed by atoms with van der Waals surface area (Å²) >= 11 is 7.30. The van der Waals surface area contributed by atoms with E-state index in [1.807, 2.05) is 11.3 Å². The largest absolute Gasteiger partial charge is 0.320 e. The average Bonchev–Trinajstić information content (AvgIpc) is 3.11. The molecule has 2 heterocycles. The van der Waals surface area contributed by atoms with Crippen molar-refractivity contribution in [2.45, 2.75) is 25.3 Å². The molecule has 0 bridgehead atoms. The topological polar surface area (TPSA) is 26.0 Å². The number of hydrogen-bond donors (Lipinski definition) is 1. The number of thiophene rings is 2. The Morgan fingerprint density at radius 1 is 1.25 bits per heavy atom. The molecule has 4 rings (SSSR count). The molecule has 0 saturated heterocycles. The first kappa shape index (κ1) is 13.0. The van der Waals surface area contributed by atoms with Gasteiger partial charge < -0.3 is 5.73 Å². The molecule has 0 fully saturated rings. The standard InChI is InChI=1S/C16H14BrNS2/c17-12-5-2-4-10-11(8-19-16(10)12)15(18)14-7-9-3-1-6-13(9)20-14/h2,4-5,7-8,15H,1,3,6,18H2. The van der Waals surface area contributed by atoms with Gasteiger partial charge in [0.2, 0.25) is 0 Å². The molecule has 0 amide bonds. The average molecular weight is 364 g/mol. The Balaban J connectivity index is 1.80. The quantitative estimate of drug-likeness (QED) is 0.659. The molecule has 1 aliphatic rings. The van der Waals surface area contributed by atoms with Crippen molar-refractivity contribution >= 4 is 48.7 Å². The van der Waals surface area contributed by atoms with Crippen LogP contribution < -0.4 is 5.73 Å². The van der Waals surface area contributed by atoms with E-state index in [9.17, 15) is 0 Å². The van der Waals surface area contributed by atoms with Crippen LogP contribution in [0.3, 0.4) is 0 Å². The molecule has 2 N–H and O–H groups in total. The van der Waals surface area contributed by atoms with Gasteiger partial charge in [0.05, 0.1) is 6.04 Å². The minimum Gasteiger partial charge on any atom is -0.320 e. The van der Waals surface area contributed by atoms with Crippen molar-refractivity contribution in [2.24, 2.45) is 5.73 Å². The van der Waals surface area contributed by atoms with Crippen LogP contribution in [0.2, 0.25) is 0 Å². The molecule has 0 radical (unpaired) electrons. The van der Waals surface area contributed by atoms with E-state index in [1.54, 1.807) is 16.2 Å². The summed E-state index contributed by atoms with van der Waals surface area (Å²) in [6, 6.07) is 8.69. The second-order valence-corrected chi connectivity index (χ2v) is 8.14. The van der Waals surface area contributed by atoms with Crippen LogP contribution >= 0.6 is 38.6 Å². The van der Waals surface area contributed by atoms with E-state index in [0.717, 1.165) is 4.47 Å². The number of nitrogens with two attached hydrogens (primary N) is 1. The van der Waals surface area contributed by atoms with E-state index in [1.165, 1.54) is 45.4 Å². The zero-order chi connectivity index (χ0) is 13.7. The molecule has 0 aliphatic heterocycles. The SMILES string of the molecule is NC(c1cc2c(s1)CCC2)c1csc2c(Br)cccc12. The molecular formula is C16H14BrNS2. The summed E-state index contributed by atoms with van der Waals surface area (Å²) in [5.41, 5.74) is 9.32. The minimum absolute atomic E-state index is 0.00801. The van der Waals surface area contributed by atoms with Crippen LogP contribution in [-0.4, -0.2) is 0 Å². The molecule has 1 nitrogen and oxygen atoms in total. The third-order valence-corrected chi connectivity index (χ3v) is 7.28. The summed E-state index contributed by atoms with van der Waals surface area (Å²) in [4.78, 5) is 2.87. The van der Waals surface area contributed by atoms with Crippen molar-refractivity contribution < 1.29 is 0 Å². The first-order valence-electron chi connectivity index (χ1n) is 6.76. The fourth-order valence-electron chi connectivity index (χ4n) is 2.94. The van der Waals surface area contributed by atoms with Crippen molar-refractivity contribution in [1.82, 2.24) is 0 Å². The Bertz CT molecular complexity index is 765. The highest BCUT2D eigenvalue weighted by Crippen LogP contribution is 2.40. The Morgan fingerprint density at radius 2 is 2.15 bits per heavy atom. The summed E-state index contributed by atoms with van der Waals surface area (Å²) in [6.45, 7) is 0. The van der Waals surface area contributed by atoms with Crippen LogP contribution in [0.5, 0.6) is 0 Å². The number of halogens is 1. The molecule has 0 saturated carbocycles. The Labute approximate surface area is 134 Å². The molecule has 1 unspecified atom stereocenters. The first-order chi connectivity index (χ1) is 9.74. The Kier molecular flexibility index (Phi) is 3.22. The summed E-state index contributed by atoms with van der Waals surface area (Å²) < 4.78 is 2.45. The third-order valence-electron chi connectivity index (χ3n) is 3.99. The maximum Gasteiger partial charge on any atom is 0.0660 e. The van der Waals surface area contributed by atoms with E-state index in [0.29, 0.717) is 0 Å². The normalized spacial score (nSPS) is 15.7. The second kappa shape index (κ2) is 4.95. The smallest absolute Gasteiger partial charge is 0.0660 e. The molecule has 1 aromatic carbocycles. The minimum atomic E-state index is 0.00801. The molecule has 3 aromatic rings. The zero-order valence-corrected chi connectivity index (χ0v) is 14.1. The van der Waals surface area contributed by atoms with Gasteiger partial charge in [-0.1, -0.05) is 12.1 Å². The van der Waals surface area contributed by atoms with Crippen LogP contribution in [0.4, 0.5) is 0 Å². The van der Waals surface area contributed by atoms with Gasteiger partial charge in [-0.15, -0.1) is 22.7 Å². The van der Waals surface area contributed by atoms with Crippen molar-refractivity contribution in [3.05, 3.63) is 55.0 Å². The van der Waals surface area contributed by atoms with Gasteiger partial charge in [-0.05, 0) is 69.2 Å². The van der Waals surface area contributed by atoms with Gasteiger partial charge >= 0.3 is 0 Å². The van der Waals surface area contributed by atoms with Gasteiger partial charge in [0.25, 0.3) is 0 Å². The predicted octanol–water partition coefficient (Wildman–Crippen LogP) is 5.26. The van der Waals surface area contributed by atoms with Gasteiger partial charge in [0, 0.05) is 18.9 Å². The van der Waals surface area contributed by atoms with Crippen LogP contribution in [0, 0.1) is 0 Å². The summed E-state index contributed by atoms with van der Waals surface area (Å²) in [5, 5.41) is 3.50. The summed E-state index contributed by atoms with van der Waals surface area (Å²) in [7, 11) is 0. The predicted molar refractivity (Wildman–Crippen MR) is 91.9 cm³/mol. The zero-order valence-electron chi connectivity index (χ0n) is 10.9. The molecule has 4 heteroatoms. The van der Waals surface area contributed by atoms with Gasteiger partial charge in [-0.25, -0.2) is 0 Å². The van der Waals surface area contributed by atoms with Crippen molar-refractivity contribution in [3.63, 3.8) is 0 Å². The van der Waals surface area contributed by atoms with Gasteiger partial charge in [0.15, 0.2) is 0 Å². The molecule has 102 valence electrons. The lowest BCUT2D eigenvalue weighted by Gasteiger charge is -2.09. The highest BCUT2D eigenvalue weighted by molar-refractivity contribution is 9.10. The summed E-state index contributed by atoms with van der Waals surface area (Å²) in [5.74, 6) is 0. The van der Waals surface area contributed by atoms with Gasteiger partial charge in [-0.2, -0.15) is 0 Å². The molecular weight excluding hydrogens is 350 g/mol. The fourth-order valence-corrected chi connectivity index (χ4v) is 5.88. The van der Waals surface area contributed by atoms with Gasteiger partial charge in [-0.3, -0.25) is 0 Å². The molecule has 20 heavy (non-hydrogen) atoms. The monoisotopic (exact) mass is 363 g/mol. The van der Waals surface area contributed by atoms with E-state index >= 15 is 0 Å². The molecule has 0 spiro atoms. The number of rotatable bonds is 2. The van der Waals surface area contributed by atoms with E-state index in [-0.39, 0.29) is 6.04 Å². The van der Waals surface area contributed by atoms with Crippen molar-refractivity contribution in [2.75, 3.05) is 0 Å². The first-order valence-corrected chi connectivity index (χ1v) is 9.25. The van der Waals surface area contributed by atoms with E-state index < -0.39 is 0 Å². The van der Waals surface area contributed by atoms with Crippen LogP contribution in [0.1, 0.15) is 33.3 Å². The van der Waals surface area contributed by atoms with E-state index in [4.69, 9.17) is 5.73 Å². The molecule has 1 atom stereocenters.